The molecule has 1 amide bonds. The normalized spacial score (nSPS) is 43.8. The van der Waals surface area contributed by atoms with Gasteiger partial charge in [-0.25, -0.2) is 0 Å². The van der Waals surface area contributed by atoms with Crippen molar-refractivity contribution in [3.05, 3.63) is 0 Å². The molecule has 4 aliphatic carbocycles. The Morgan fingerprint density at radius 3 is 2.45 bits per heavy atom. The Kier molecular flexibility index (Phi) is 7.26. The van der Waals surface area contributed by atoms with E-state index >= 15 is 0 Å². The Morgan fingerprint density at radius 2 is 1.73 bits per heavy atom. The standard InChI is InChI=1S/C26H45NO5S/c1-17(4-9-24(29)27-14-15-33(30,31)32)21-7-8-22-20-6-5-18-16-19(28)10-12-25(18,2)23(20)11-13-26(21,22)3/h17-23,28H,4-16H2,1-3H3,(H,27,29)(H,30,31,32)/t17-,18-,19-,20+,21?,22+,23?,25+,26-/m1/s1. The van der Waals surface area contributed by atoms with Crippen molar-refractivity contribution in [1.82, 2.24) is 5.32 Å². The summed E-state index contributed by atoms with van der Waals surface area (Å²) in [6.45, 7) is 7.34. The van der Waals surface area contributed by atoms with Gasteiger partial charge in [0.2, 0.25) is 5.91 Å². The van der Waals surface area contributed by atoms with E-state index in [2.05, 4.69) is 26.1 Å². The second-order valence-corrected chi connectivity index (χ2v) is 14.0. The molecule has 0 spiro atoms. The SMILES string of the molecule is C[C@H](CCC(=O)NCCS(=O)(=O)O)C1CC[C@H]2[C@@H]3CC[C@@H]4C[C@H](O)CC[C@]4(C)C3CC[C@]12C. The maximum absolute atomic E-state index is 12.2. The largest absolute Gasteiger partial charge is 0.393 e. The van der Waals surface area contributed by atoms with E-state index in [4.69, 9.17) is 4.55 Å². The average Bonchev–Trinajstić information content (AvgIpc) is 3.09. The molecule has 4 saturated carbocycles. The van der Waals surface area contributed by atoms with Gasteiger partial charge in [-0.15, -0.1) is 0 Å². The lowest BCUT2D eigenvalue weighted by molar-refractivity contribution is -0.129. The molecule has 6 nitrogen and oxygen atoms in total. The molecule has 0 aromatic carbocycles. The summed E-state index contributed by atoms with van der Waals surface area (Å²) in [5, 5.41) is 12.9. The third-order valence-corrected chi connectivity index (χ3v) is 11.6. The zero-order valence-corrected chi connectivity index (χ0v) is 21.6. The molecule has 190 valence electrons. The number of nitrogens with one attached hydrogen (secondary N) is 1. The van der Waals surface area contributed by atoms with E-state index in [0.717, 1.165) is 37.0 Å². The summed E-state index contributed by atoms with van der Waals surface area (Å²) in [6.07, 6.45) is 12.1. The lowest BCUT2D eigenvalue weighted by Crippen LogP contribution is -2.54. The molecule has 0 saturated heterocycles. The highest BCUT2D eigenvalue weighted by Gasteiger charge is 2.60. The van der Waals surface area contributed by atoms with Gasteiger partial charge in [0.05, 0.1) is 11.9 Å². The van der Waals surface area contributed by atoms with E-state index in [9.17, 15) is 18.3 Å². The van der Waals surface area contributed by atoms with Crippen molar-refractivity contribution in [2.24, 2.45) is 46.3 Å². The summed E-state index contributed by atoms with van der Waals surface area (Å²) in [5.41, 5.74) is 0.771. The number of amides is 1. The van der Waals surface area contributed by atoms with Crippen LogP contribution in [-0.2, 0) is 14.9 Å². The molecule has 7 heteroatoms. The van der Waals surface area contributed by atoms with Crippen LogP contribution in [0.2, 0.25) is 0 Å². The molecule has 4 aliphatic rings. The number of aliphatic hydroxyl groups is 1. The monoisotopic (exact) mass is 483 g/mol. The van der Waals surface area contributed by atoms with Crippen LogP contribution in [0.5, 0.6) is 0 Å². The maximum atomic E-state index is 12.2. The second kappa shape index (κ2) is 9.42. The molecule has 0 heterocycles. The van der Waals surface area contributed by atoms with Crippen LogP contribution in [-0.4, -0.2) is 42.4 Å². The number of hydrogen-bond acceptors (Lipinski definition) is 4. The molecule has 4 rings (SSSR count). The molecule has 33 heavy (non-hydrogen) atoms. The van der Waals surface area contributed by atoms with Crippen LogP contribution in [0.15, 0.2) is 0 Å². The molecule has 0 radical (unpaired) electrons. The third kappa shape index (κ3) is 5.02. The maximum Gasteiger partial charge on any atom is 0.266 e. The van der Waals surface area contributed by atoms with Crippen LogP contribution in [0, 0.1) is 46.3 Å². The van der Waals surface area contributed by atoms with Gasteiger partial charge in [-0.2, -0.15) is 8.42 Å². The third-order valence-electron chi connectivity index (χ3n) is 10.9. The highest BCUT2D eigenvalue weighted by Crippen LogP contribution is 2.68. The minimum absolute atomic E-state index is 0.0326. The van der Waals surface area contributed by atoms with E-state index in [-0.39, 0.29) is 18.6 Å². The highest BCUT2D eigenvalue weighted by molar-refractivity contribution is 7.85. The minimum Gasteiger partial charge on any atom is -0.393 e. The van der Waals surface area contributed by atoms with Gasteiger partial charge in [0, 0.05) is 13.0 Å². The quantitative estimate of drug-likeness (QED) is 0.465. The van der Waals surface area contributed by atoms with Crippen LogP contribution in [0.4, 0.5) is 0 Å². The Hall–Kier alpha value is -0.660. The smallest absolute Gasteiger partial charge is 0.266 e. The minimum atomic E-state index is -4.04. The molecule has 0 aromatic rings. The zero-order chi connectivity index (χ0) is 24.0. The molecule has 3 N–H and O–H groups in total. The number of hydrogen-bond donors (Lipinski definition) is 3. The van der Waals surface area contributed by atoms with Gasteiger partial charge in [-0.3, -0.25) is 9.35 Å². The van der Waals surface area contributed by atoms with E-state index < -0.39 is 15.9 Å². The highest BCUT2D eigenvalue weighted by atomic mass is 32.2. The van der Waals surface area contributed by atoms with E-state index in [0.29, 0.717) is 35.0 Å². The van der Waals surface area contributed by atoms with Crippen LogP contribution in [0.1, 0.15) is 91.4 Å². The van der Waals surface area contributed by atoms with Crippen molar-refractivity contribution in [3.63, 3.8) is 0 Å². The van der Waals surface area contributed by atoms with E-state index in [1.807, 2.05) is 0 Å². The van der Waals surface area contributed by atoms with Gasteiger partial charge in [0.25, 0.3) is 10.1 Å². The summed E-state index contributed by atoms with van der Waals surface area (Å²) in [6, 6.07) is 0. The van der Waals surface area contributed by atoms with Crippen LogP contribution >= 0.6 is 0 Å². The van der Waals surface area contributed by atoms with Crippen LogP contribution < -0.4 is 5.32 Å². The number of carbonyl (C=O) groups excluding carboxylic acids is 1. The number of aliphatic hydroxyl groups excluding tert-OH is 1. The predicted octanol–water partition coefficient (Wildman–Crippen LogP) is 4.43. The first-order valence-electron chi connectivity index (χ1n) is 13.3. The van der Waals surface area contributed by atoms with Crippen LogP contribution in [0.25, 0.3) is 0 Å². The van der Waals surface area contributed by atoms with E-state index in [1.54, 1.807) is 0 Å². The van der Waals surface area contributed by atoms with Crippen molar-refractivity contribution in [3.8, 4) is 0 Å². The fraction of sp³-hybridized carbons (Fsp3) is 0.962. The number of fused-ring (bicyclic) bond motifs is 5. The van der Waals surface area contributed by atoms with Gasteiger partial charge in [-0.1, -0.05) is 20.8 Å². The van der Waals surface area contributed by atoms with Gasteiger partial charge >= 0.3 is 0 Å². The summed E-state index contributed by atoms with van der Waals surface area (Å²) in [7, 11) is -4.04. The molecule has 4 fully saturated rings. The zero-order valence-electron chi connectivity index (χ0n) is 20.8. The van der Waals surface area contributed by atoms with Gasteiger partial charge in [0.15, 0.2) is 0 Å². The fourth-order valence-electron chi connectivity index (χ4n) is 9.18. The molecule has 0 bridgehead atoms. The van der Waals surface area contributed by atoms with Crippen LogP contribution in [0.3, 0.4) is 0 Å². The first kappa shape index (κ1) is 25.4. The van der Waals surface area contributed by atoms with Crippen molar-refractivity contribution in [1.29, 1.82) is 0 Å². The van der Waals surface area contributed by atoms with E-state index in [1.165, 1.54) is 44.9 Å². The summed E-state index contributed by atoms with van der Waals surface area (Å²) in [4.78, 5) is 12.2. The Balaban J connectivity index is 1.35. The topological polar surface area (TPSA) is 104 Å². The average molecular weight is 484 g/mol. The number of carbonyl (C=O) groups is 1. The molecule has 0 aromatic heterocycles. The van der Waals surface area contributed by atoms with Crippen molar-refractivity contribution in [2.45, 2.75) is 97.5 Å². The Labute approximate surface area is 200 Å². The first-order valence-corrected chi connectivity index (χ1v) is 14.9. The lowest BCUT2D eigenvalue weighted by Gasteiger charge is -2.61. The molecular formula is C26H45NO5S. The van der Waals surface area contributed by atoms with Crippen molar-refractivity contribution < 1.29 is 22.9 Å². The molecule has 2 unspecified atom stereocenters. The predicted molar refractivity (Wildman–Crippen MR) is 129 cm³/mol. The molecular weight excluding hydrogens is 438 g/mol. The van der Waals surface area contributed by atoms with Gasteiger partial charge in [-0.05, 0) is 111 Å². The lowest BCUT2D eigenvalue weighted by atomic mass is 9.44. The van der Waals surface area contributed by atoms with Crippen molar-refractivity contribution in [2.75, 3.05) is 12.3 Å². The van der Waals surface area contributed by atoms with Gasteiger partial charge < -0.3 is 10.4 Å². The fourth-order valence-corrected chi connectivity index (χ4v) is 9.54. The summed E-state index contributed by atoms with van der Waals surface area (Å²) >= 11 is 0. The Morgan fingerprint density at radius 1 is 1.03 bits per heavy atom. The number of rotatable bonds is 7. The molecule has 9 atom stereocenters. The second-order valence-electron chi connectivity index (χ2n) is 12.5. The van der Waals surface area contributed by atoms with Crippen molar-refractivity contribution >= 4 is 16.0 Å². The van der Waals surface area contributed by atoms with Gasteiger partial charge in [0.1, 0.15) is 0 Å². The molecule has 0 aliphatic heterocycles. The Bertz CT molecular complexity index is 831. The summed E-state index contributed by atoms with van der Waals surface area (Å²) < 4.78 is 30.5. The first-order chi connectivity index (χ1) is 15.4. The summed E-state index contributed by atoms with van der Waals surface area (Å²) in [5.74, 6) is 3.68.